The summed E-state index contributed by atoms with van der Waals surface area (Å²) in [6, 6.07) is 11.2. The predicted octanol–water partition coefficient (Wildman–Crippen LogP) is 2.93. The highest BCUT2D eigenvalue weighted by molar-refractivity contribution is 5.80. The van der Waals surface area contributed by atoms with Crippen LogP contribution in [-0.4, -0.2) is 53.5 Å². The first-order chi connectivity index (χ1) is 15.1. The summed E-state index contributed by atoms with van der Waals surface area (Å²) in [6.07, 6.45) is 0.981. The maximum Gasteiger partial charge on any atom is 0.191 e. The molecule has 31 heavy (non-hydrogen) atoms. The molecule has 2 aromatic carbocycles. The molecule has 3 rings (SSSR count). The average molecular weight is 431 g/mol. The normalized spacial score (nSPS) is 16.4. The average Bonchev–Trinajstić information content (AvgIpc) is 3.27. The van der Waals surface area contributed by atoms with Gasteiger partial charge < -0.3 is 29.7 Å². The topological polar surface area (TPSA) is 67.4 Å². The summed E-state index contributed by atoms with van der Waals surface area (Å²) in [7, 11) is 6.61. The van der Waals surface area contributed by atoms with Crippen molar-refractivity contribution in [3.8, 4) is 11.5 Å². The van der Waals surface area contributed by atoms with E-state index in [1.54, 1.807) is 34.4 Å². The van der Waals surface area contributed by atoms with Crippen LogP contribution in [0.25, 0.3) is 0 Å². The minimum Gasteiger partial charge on any atom is -0.497 e. The lowest BCUT2D eigenvalue weighted by Gasteiger charge is -2.21. The Kier molecular flexibility index (Phi) is 7.94. The van der Waals surface area contributed by atoms with Gasteiger partial charge in [-0.25, -0.2) is 4.39 Å². The molecule has 2 N–H and O–H groups in total. The van der Waals surface area contributed by atoms with Crippen molar-refractivity contribution in [3.05, 3.63) is 53.3 Å². The lowest BCUT2D eigenvalue weighted by Crippen LogP contribution is -2.44. The quantitative estimate of drug-likeness (QED) is 0.496. The second-order valence-electron chi connectivity index (χ2n) is 7.43. The summed E-state index contributed by atoms with van der Waals surface area (Å²) < 4.78 is 29.6. The van der Waals surface area contributed by atoms with Crippen LogP contribution in [0.5, 0.6) is 11.5 Å². The summed E-state index contributed by atoms with van der Waals surface area (Å²) in [5.74, 6) is 2.01. The number of methoxy groups -OCH3 is 3. The Morgan fingerprint density at radius 1 is 1.13 bits per heavy atom. The highest BCUT2D eigenvalue weighted by Crippen LogP contribution is 2.30. The van der Waals surface area contributed by atoms with E-state index in [2.05, 4.69) is 20.5 Å². The molecular weight excluding hydrogens is 399 g/mol. The fourth-order valence-electron chi connectivity index (χ4n) is 3.67. The number of rotatable bonds is 8. The van der Waals surface area contributed by atoms with E-state index in [0.29, 0.717) is 18.1 Å². The number of hydrogen-bond donors (Lipinski definition) is 2. The van der Waals surface area contributed by atoms with Crippen LogP contribution in [0.4, 0.5) is 10.1 Å². The Balaban J connectivity index is 1.57. The number of anilines is 1. The number of halogens is 1. The highest BCUT2D eigenvalue weighted by Gasteiger charge is 2.24. The van der Waals surface area contributed by atoms with Crippen molar-refractivity contribution in [3.63, 3.8) is 0 Å². The number of nitrogens with zero attached hydrogens (tertiary/aromatic N) is 2. The fraction of sp³-hybridized carbons (Fsp3) is 0.435. The molecule has 1 aliphatic rings. The van der Waals surface area contributed by atoms with Crippen LogP contribution in [0.1, 0.15) is 17.5 Å². The van der Waals surface area contributed by atoms with Gasteiger partial charge in [-0.2, -0.15) is 0 Å². The Morgan fingerprint density at radius 2 is 1.87 bits per heavy atom. The van der Waals surface area contributed by atoms with Gasteiger partial charge in [-0.3, -0.25) is 4.99 Å². The number of benzene rings is 2. The molecule has 0 radical (unpaired) electrons. The zero-order chi connectivity index (χ0) is 22.2. The maximum atomic E-state index is 13.8. The second-order valence-corrected chi connectivity index (χ2v) is 7.43. The third-order valence-electron chi connectivity index (χ3n) is 5.32. The zero-order valence-corrected chi connectivity index (χ0v) is 18.6. The van der Waals surface area contributed by atoms with Gasteiger partial charge in [0.05, 0.1) is 20.8 Å². The number of ether oxygens (including phenoxy) is 3. The lowest BCUT2D eigenvalue weighted by molar-refractivity contribution is 0.181. The van der Waals surface area contributed by atoms with Crippen LogP contribution in [0.2, 0.25) is 0 Å². The molecule has 0 saturated carbocycles. The van der Waals surface area contributed by atoms with Crippen molar-refractivity contribution >= 4 is 11.6 Å². The molecule has 0 aromatic heterocycles. The molecule has 168 valence electrons. The number of nitrogens with one attached hydrogen (secondary N) is 2. The van der Waals surface area contributed by atoms with Gasteiger partial charge in [0, 0.05) is 69.3 Å². The fourth-order valence-corrected chi connectivity index (χ4v) is 3.67. The molecule has 1 fully saturated rings. The molecule has 1 heterocycles. The summed E-state index contributed by atoms with van der Waals surface area (Å²) in [4.78, 5) is 6.63. The van der Waals surface area contributed by atoms with Gasteiger partial charge >= 0.3 is 0 Å². The summed E-state index contributed by atoms with van der Waals surface area (Å²) in [6.45, 7) is 2.55. The number of hydrogen-bond acceptors (Lipinski definition) is 5. The van der Waals surface area contributed by atoms with E-state index in [-0.39, 0.29) is 18.5 Å². The minimum absolute atomic E-state index is 0.250. The van der Waals surface area contributed by atoms with Crippen LogP contribution in [0.15, 0.2) is 41.4 Å². The Hall–Kier alpha value is -3.00. The van der Waals surface area contributed by atoms with Gasteiger partial charge in [-0.1, -0.05) is 6.07 Å². The molecule has 7 nitrogen and oxygen atoms in total. The maximum absolute atomic E-state index is 13.8. The van der Waals surface area contributed by atoms with E-state index < -0.39 is 0 Å². The van der Waals surface area contributed by atoms with E-state index in [1.165, 1.54) is 6.07 Å². The molecule has 1 saturated heterocycles. The molecule has 1 unspecified atom stereocenters. The van der Waals surface area contributed by atoms with Crippen molar-refractivity contribution in [2.45, 2.75) is 25.6 Å². The van der Waals surface area contributed by atoms with Crippen LogP contribution >= 0.6 is 0 Å². The second kappa shape index (κ2) is 10.9. The lowest BCUT2D eigenvalue weighted by atomic mass is 10.1. The molecule has 8 heteroatoms. The first kappa shape index (κ1) is 22.7. The predicted molar refractivity (Wildman–Crippen MR) is 121 cm³/mol. The molecule has 0 aliphatic carbocycles. The van der Waals surface area contributed by atoms with Gasteiger partial charge in [0.25, 0.3) is 0 Å². The first-order valence-electron chi connectivity index (χ1n) is 10.3. The van der Waals surface area contributed by atoms with Crippen molar-refractivity contribution in [2.24, 2.45) is 4.99 Å². The number of aliphatic imine (C=N–C) groups is 1. The Bertz CT molecular complexity index is 884. The van der Waals surface area contributed by atoms with Crippen molar-refractivity contribution in [1.82, 2.24) is 10.6 Å². The summed E-state index contributed by atoms with van der Waals surface area (Å²) in [5, 5.41) is 6.79. The number of guanidine groups is 1. The largest absolute Gasteiger partial charge is 0.497 e. The van der Waals surface area contributed by atoms with Gasteiger partial charge in [-0.15, -0.1) is 0 Å². The molecule has 0 amide bonds. The third kappa shape index (κ3) is 6.01. The highest BCUT2D eigenvalue weighted by atomic mass is 19.1. The van der Waals surface area contributed by atoms with Gasteiger partial charge in [0.15, 0.2) is 5.96 Å². The first-order valence-corrected chi connectivity index (χ1v) is 10.3. The van der Waals surface area contributed by atoms with Crippen LogP contribution in [0, 0.1) is 5.82 Å². The standard InChI is InChI=1S/C23H31FN4O3/c1-25-23(26-13-16-5-6-22(24)17(9-16)15-29-2)27-18-7-8-28(14-18)19-10-20(30-3)12-21(11-19)31-4/h5-6,9-12,18H,7-8,13-15H2,1-4H3,(H2,25,26,27). The van der Waals surface area contributed by atoms with Crippen LogP contribution in [0.3, 0.4) is 0 Å². The van der Waals surface area contributed by atoms with Crippen molar-refractivity contribution < 1.29 is 18.6 Å². The van der Waals surface area contributed by atoms with E-state index in [4.69, 9.17) is 14.2 Å². The smallest absolute Gasteiger partial charge is 0.191 e. The van der Waals surface area contributed by atoms with Crippen LogP contribution in [-0.2, 0) is 17.9 Å². The van der Waals surface area contributed by atoms with Gasteiger partial charge in [0.2, 0.25) is 0 Å². The van der Waals surface area contributed by atoms with Gasteiger partial charge in [-0.05, 0) is 24.1 Å². The molecule has 0 bridgehead atoms. The molecule has 2 aromatic rings. The zero-order valence-electron chi connectivity index (χ0n) is 18.6. The molecular formula is C23H31FN4O3. The summed E-state index contributed by atoms with van der Waals surface area (Å²) in [5.41, 5.74) is 2.58. The van der Waals surface area contributed by atoms with Crippen LogP contribution < -0.4 is 25.0 Å². The molecule has 0 spiro atoms. The minimum atomic E-state index is -0.256. The van der Waals surface area contributed by atoms with E-state index in [1.807, 2.05) is 24.3 Å². The molecule has 1 aliphatic heterocycles. The van der Waals surface area contributed by atoms with E-state index >= 15 is 0 Å². The Labute approximate surface area is 183 Å². The monoisotopic (exact) mass is 430 g/mol. The molecule has 1 atom stereocenters. The third-order valence-corrected chi connectivity index (χ3v) is 5.32. The SMILES string of the molecule is CN=C(NCc1ccc(F)c(COC)c1)NC1CCN(c2cc(OC)cc(OC)c2)C1. The van der Waals surface area contributed by atoms with E-state index in [9.17, 15) is 4.39 Å². The summed E-state index contributed by atoms with van der Waals surface area (Å²) >= 11 is 0. The van der Waals surface area contributed by atoms with Crippen molar-refractivity contribution in [2.75, 3.05) is 46.4 Å². The van der Waals surface area contributed by atoms with E-state index in [0.717, 1.165) is 42.3 Å². The van der Waals surface area contributed by atoms with Gasteiger partial charge in [0.1, 0.15) is 17.3 Å². The Morgan fingerprint density at radius 3 is 2.52 bits per heavy atom. The van der Waals surface area contributed by atoms with Crippen molar-refractivity contribution in [1.29, 1.82) is 0 Å².